The predicted molar refractivity (Wildman–Crippen MR) is 159 cm³/mol. The minimum Gasteiger partial charge on any atom is -0.419 e. The van der Waals surface area contributed by atoms with Crippen molar-refractivity contribution in [3.8, 4) is 11.5 Å². The Bertz CT molecular complexity index is 1640. The lowest BCUT2D eigenvalue weighted by atomic mass is 9.88. The van der Waals surface area contributed by atoms with E-state index in [4.69, 9.17) is 4.42 Å². The van der Waals surface area contributed by atoms with Crippen molar-refractivity contribution >= 4 is 23.4 Å². The number of hydrogen-bond acceptors (Lipinski definition) is 7. The number of benzene rings is 2. The smallest absolute Gasteiger partial charge is 0.263 e. The molecule has 43 heavy (non-hydrogen) atoms. The molecule has 8 rings (SSSR count). The van der Waals surface area contributed by atoms with Crippen LogP contribution in [0, 0.1) is 29.1 Å². The van der Waals surface area contributed by atoms with Gasteiger partial charge < -0.3 is 14.2 Å². The van der Waals surface area contributed by atoms with Crippen molar-refractivity contribution in [3.05, 3.63) is 77.7 Å². The summed E-state index contributed by atoms with van der Waals surface area (Å²) in [4.78, 5) is 46.2. The Kier molecular flexibility index (Phi) is 6.07. The van der Waals surface area contributed by atoms with E-state index in [-0.39, 0.29) is 30.2 Å². The molecule has 5 aliphatic rings. The van der Waals surface area contributed by atoms with Crippen LogP contribution >= 0.6 is 0 Å². The molecular weight excluding hydrogens is 542 g/mol. The monoisotopic (exact) mass is 577 g/mol. The molecule has 220 valence electrons. The van der Waals surface area contributed by atoms with E-state index in [1.807, 2.05) is 42.5 Å². The molecule has 1 spiro atoms. The van der Waals surface area contributed by atoms with Crippen LogP contribution in [0.25, 0.3) is 11.5 Å². The van der Waals surface area contributed by atoms with Crippen LogP contribution in [0.1, 0.15) is 58.7 Å². The second-order valence-corrected chi connectivity index (χ2v) is 13.0. The second-order valence-electron chi connectivity index (χ2n) is 13.0. The number of nitrogens with zero attached hydrogens (tertiary/aromatic N) is 5. The number of fused-ring (bicyclic) bond motifs is 1. The standard InChI is InChI=1S/C34H35N5O4/c1-37(20-28-35-36-30(43-28)21-7-3-2-4-8-21)31(40)22-9-6-16-38(18-22)27-11-5-10-25-29(27)33(42)39(32(25)41)19-23-17-24-12-13-26(23)34(24)14-15-34/h2-5,7-8,10-13,22-24,26H,6,9,14-20H2,1H3/t22-,23+,24-,26-/m1/s1. The number of rotatable bonds is 7. The van der Waals surface area contributed by atoms with E-state index in [1.165, 1.54) is 17.7 Å². The van der Waals surface area contributed by atoms with E-state index in [2.05, 4.69) is 27.2 Å². The van der Waals surface area contributed by atoms with Crippen molar-refractivity contribution in [2.45, 2.75) is 38.6 Å². The van der Waals surface area contributed by atoms with Gasteiger partial charge in [-0.2, -0.15) is 0 Å². The molecule has 3 heterocycles. The molecule has 9 heteroatoms. The van der Waals surface area contributed by atoms with Crippen LogP contribution in [-0.4, -0.2) is 64.4 Å². The molecule has 3 aromatic rings. The first-order chi connectivity index (χ1) is 20.9. The summed E-state index contributed by atoms with van der Waals surface area (Å²) in [5.41, 5.74) is 2.99. The maximum absolute atomic E-state index is 13.8. The third-order valence-corrected chi connectivity index (χ3v) is 10.6. The molecule has 3 aliphatic carbocycles. The molecule has 0 radical (unpaired) electrons. The number of allylic oxidation sites excluding steroid dienone is 2. The number of carbonyl (C=O) groups excluding carboxylic acids is 3. The maximum atomic E-state index is 13.8. The Morgan fingerprint density at radius 2 is 1.88 bits per heavy atom. The van der Waals surface area contributed by atoms with Gasteiger partial charge in [0.25, 0.3) is 11.8 Å². The van der Waals surface area contributed by atoms with Crippen LogP contribution in [0.15, 0.2) is 65.1 Å². The molecule has 9 nitrogen and oxygen atoms in total. The second kappa shape index (κ2) is 9.89. The van der Waals surface area contributed by atoms with Gasteiger partial charge in [-0.05, 0) is 79.5 Å². The van der Waals surface area contributed by atoms with Gasteiger partial charge in [0.1, 0.15) is 0 Å². The Labute approximate surface area is 250 Å². The predicted octanol–water partition coefficient (Wildman–Crippen LogP) is 4.81. The summed E-state index contributed by atoms with van der Waals surface area (Å²) in [5.74, 6) is 1.63. The third kappa shape index (κ3) is 4.23. The average molecular weight is 578 g/mol. The molecular formula is C34H35N5O4. The first kappa shape index (κ1) is 26.4. The number of imide groups is 1. The van der Waals surface area contributed by atoms with Crippen molar-refractivity contribution in [2.24, 2.45) is 29.1 Å². The van der Waals surface area contributed by atoms with Gasteiger partial charge >= 0.3 is 0 Å². The molecule has 1 saturated heterocycles. The number of carbonyl (C=O) groups is 3. The van der Waals surface area contributed by atoms with Crippen LogP contribution < -0.4 is 4.90 Å². The lowest BCUT2D eigenvalue weighted by molar-refractivity contribution is -0.135. The molecule has 2 aliphatic heterocycles. The lowest BCUT2D eigenvalue weighted by Gasteiger charge is -2.36. The van der Waals surface area contributed by atoms with Crippen LogP contribution in [0.3, 0.4) is 0 Å². The van der Waals surface area contributed by atoms with E-state index < -0.39 is 0 Å². The van der Waals surface area contributed by atoms with Crippen LogP contribution in [0.2, 0.25) is 0 Å². The van der Waals surface area contributed by atoms with Gasteiger partial charge in [0.2, 0.25) is 17.7 Å². The Hall–Kier alpha value is -4.27. The van der Waals surface area contributed by atoms with Gasteiger partial charge in [-0.25, -0.2) is 0 Å². The molecule has 3 fully saturated rings. The first-order valence-corrected chi connectivity index (χ1v) is 15.5. The van der Waals surface area contributed by atoms with Gasteiger partial charge in [-0.1, -0.05) is 36.4 Å². The van der Waals surface area contributed by atoms with Crippen molar-refractivity contribution in [1.29, 1.82) is 0 Å². The van der Waals surface area contributed by atoms with Gasteiger partial charge in [0.15, 0.2) is 0 Å². The van der Waals surface area contributed by atoms with Crippen molar-refractivity contribution in [3.63, 3.8) is 0 Å². The summed E-state index contributed by atoms with van der Waals surface area (Å²) in [6.07, 6.45) is 9.89. The number of aromatic nitrogens is 2. The highest BCUT2D eigenvalue weighted by Crippen LogP contribution is 2.70. The maximum Gasteiger partial charge on any atom is 0.263 e. The molecule has 0 N–H and O–H groups in total. The summed E-state index contributed by atoms with van der Waals surface area (Å²) in [7, 11) is 1.75. The number of amides is 3. The molecule has 2 aromatic carbocycles. The summed E-state index contributed by atoms with van der Waals surface area (Å²) in [5, 5.41) is 8.29. The highest BCUT2D eigenvalue weighted by atomic mass is 16.4. The number of piperidine rings is 1. The average Bonchev–Trinajstić information content (AvgIpc) is 3.35. The van der Waals surface area contributed by atoms with Crippen molar-refractivity contribution in [1.82, 2.24) is 20.0 Å². The van der Waals surface area contributed by atoms with Gasteiger partial charge in [0, 0.05) is 32.2 Å². The fraction of sp³-hybridized carbons (Fsp3) is 0.441. The minimum atomic E-state index is -0.245. The van der Waals surface area contributed by atoms with Gasteiger partial charge in [0.05, 0.1) is 29.3 Å². The summed E-state index contributed by atoms with van der Waals surface area (Å²) < 4.78 is 5.82. The Morgan fingerprint density at radius 3 is 2.67 bits per heavy atom. The molecule has 2 bridgehead atoms. The first-order valence-electron chi connectivity index (χ1n) is 15.5. The Morgan fingerprint density at radius 1 is 1.05 bits per heavy atom. The van der Waals surface area contributed by atoms with Crippen LogP contribution in [-0.2, 0) is 11.3 Å². The fourth-order valence-electron chi connectivity index (χ4n) is 8.32. The van der Waals surface area contributed by atoms with E-state index in [0.29, 0.717) is 59.2 Å². The molecule has 4 atom stereocenters. The largest absolute Gasteiger partial charge is 0.419 e. The van der Waals surface area contributed by atoms with E-state index >= 15 is 0 Å². The van der Waals surface area contributed by atoms with Gasteiger partial charge in [-0.3, -0.25) is 19.3 Å². The van der Waals surface area contributed by atoms with Crippen LogP contribution in [0.5, 0.6) is 0 Å². The van der Waals surface area contributed by atoms with Crippen molar-refractivity contribution < 1.29 is 18.8 Å². The SMILES string of the molecule is CN(Cc1nnc(-c2ccccc2)o1)C(=O)[C@@H]1CCCN(c2cccc3c2C(=O)N(C[C@@H]2C[C@H]4C=C[C@H]2C42CC2)C3=O)C1. The summed E-state index contributed by atoms with van der Waals surface area (Å²) in [6.45, 7) is 1.93. The normalized spacial score (nSPS) is 26.4. The molecule has 0 unspecified atom stereocenters. The van der Waals surface area contributed by atoms with E-state index in [9.17, 15) is 14.4 Å². The van der Waals surface area contributed by atoms with Crippen LogP contribution in [0.4, 0.5) is 5.69 Å². The third-order valence-electron chi connectivity index (χ3n) is 10.6. The zero-order valence-corrected chi connectivity index (χ0v) is 24.3. The number of anilines is 1. The lowest BCUT2D eigenvalue weighted by Crippen LogP contribution is -2.44. The number of hydrogen-bond donors (Lipinski definition) is 0. The van der Waals surface area contributed by atoms with Crippen molar-refractivity contribution in [2.75, 3.05) is 31.6 Å². The van der Waals surface area contributed by atoms with Gasteiger partial charge in [-0.15, -0.1) is 10.2 Å². The fourth-order valence-corrected chi connectivity index (χ4v) is 8.32. The topological polar surface area (TPSA) is 99.8 Å². The minimum absolute atomic E-state index is 0.000821. The zero-order valence-electron chi connectivity index (χ0n) is 24.3. The highest BCUT2D eigenvalue weighted by molar-refractivity contribution is 6.23. The molecule has 2 saturated carbocycles. The molecule has 3 amide bonds. The molecule has 1 aromatic heterocycles. The van der Waals surface area contributed by atoms with E-state index in [1.54, 1.807) is 18.0 Å². The quantitative estimate of drug-likeness (QED) is 0.294. The Balaban J connectivity index is 0.957. The highest BCUT2D eigenvalue weighted by Gasteiger charge is 2.63. The van der Waals surface area contributed by atoms with E-state index in [0.717, 1.165) is 37.1 Å². The summed E-state index contributed by atoms with van der Waals surface area (Å²) >= 11 is 0. The summed E-state index contributed by atoms with van der Waals surface area (Å²) in [6, 6.07) is 15.1. The zero-order chi connectivity index (χ0) is 29.3.